The molecule has 2 N–H and O–H groups in total. The fourth-order valence-corrected chi connectivity index (χ4v) is 4.29. The van der Waals surface area contributed by atoms with Gasteiger partial charge in [-0.25, -0.2) is 4.79 Å². The van der Waals surface area contributed by atoms with Crippen molar-refractivity contribution in [1.29, 1.82) is 0 Å². The molecule has 0 spiro atoms. The van der Waals surface area contributed by atoms with Gasteiger partial charge in [-0.1, -0.05) is 20.8 Å². The Balaban J connectivity index is 2.03. The lowest BCUT2D eigenvalue weighted by molar-refractivity contribution is -0.142. The van der Waals surface area contributed by atoms with E-state index in [2.05, 4.69) is 26.1 Å². The van der Waals surface area contributed by atoms with Crippen molar-refractivity contribution in [3.05, 3.63) is 0 Å². The average Bonchev–Trinajstić information content (AvgIpc) is 2.80. The molecule has 2 aliphatic heterocycles. The molecular weight excluding hydrogens is 268 g/mol. The van der Waals surface area contributed by atoms with Gasteiger partial charge >= 0.3 is 12.0 Å². The van der Waals surface area contributed by atoms with Crippen molar-refractivity contribution >= 4 is 12.0 Å². The lowest BCUT2D eigenvalue weighted by Crippen LogP contribution is -2.53. The van der Waals surface area contributed by atoms with Crippen molar-refractivity contribution < 1.29 is 14.7 Å². The molecule has 0 aliphatic carbocycles. The third-order valence-corrected chi connectivity index (χ3v) is 4.51. The molecule has 2 aliphatic rings. The van der Waals surface area contributed by atoms with E-state index in [1.54, 1.807) is 4.90 Å². The quantitative estimate of drug-likeness (QED) is 0.841. The van der Waals surface area contributed by atoms with Crippen molar-refractivity contribution in [3.63, 3.8) is 0 Å². The van der Waals surface area contributed by atoms with Crippen LogP contribution in [0.25, 0.3) is 0 Å². The second-order valence-electron chi connectivity index (χ2n) is 8.44. The molecule has 3 unspecified atom stereocenters. The van der Waals surface area contributed by atoms with Gasteiger partial charge in [0.15, 0.2) is 0 Å². The van der Waals surface area contributed by atoms with Crippen LogP contribution in [0.2, 0.25) is 0 Å². The normalized spacial score (nSPS) is 28.8. The maximum atomic E-state index is 12.6. The first-order chi connectivity index (χ1) is 9.50. The van der Waals surface area contributed by atoms with Crippen LogP contribution in [0.3, 0.4) is 0 Å². The summed E-state index contributed by atoms with van der Waals surface area (Å²) in [6.07, 6.45) is 3.22. The Morgan fingerprint density at radius 3 is 2.29 bits per heavy atom. The first-order valence-corrected chi connectivity index (χ1v) is 7.83. The summed E-state index contributed by atoms with van der Waals surface area (Å²) in [5.41, 5.74) is -0.166. The zero-order valence-electron chi connectivity index (χ0n) is 13.8. The standard InChI is InChI=1S/C16H28N2O3/c1-15(2,3)9-16(4,5)17-14(21)18-10-6-7-12(18)11(8-10)13(19)20/h10-12H,6-9H2,1-5H3,(H,17,21)(H,19,20). The minimum atomic E-state index is -0.769. The first-order valence-electron chi connectivity index (χ1n) is 7.83. The highest BCUT2D eigenvalue weighted by atomic mass is 16.4. The highest BCUT2D eigenvalue weighted by Crippen LogP contribution is 2.42. The summed E-state index contributed by atoms with van der Waals surface area (Å²) in [7, 11) is 0. The highest BCUT2D eigenvalue weighted by Gasteiger charge is 2.51. The summed E-state index contributed by atoms with van der Waals surface area (Å²) in [5.74, 6) is -1.16. The van der Waals surface area contributed by atoms with E-state index in [1.807, 2.05) is 13.8 Å². The molecule has 2 fully saturated rings. The molecule has 0 aromatic heterocycles. The number of carboxylic acids is 1. The number of fused-ring (bicyclic) bond motifs is 2. The summed E-state index contributed by atoms with van der Waals surface area (Å²) in [6, 6.07) is -0.125. The Labute approximate surface area is 127 Å². The molecular formula is C16H28N2O3. The topological polar surface area (TPSA) is 69.6 Å². The van der Waals surface area contributed by atoms with Crippen molar-refractivity contribution in [2.75, 3.05) is 0 Å². The first kappa shape index (κ1) is 16.1. The molecule has 2 bridgehead atoms. The fraction of sp³-hybridized carbons (Fsp3) is 0.875. The lowest BCUT2D eigenvalue weighted by Gasteiger charge is -2.35. The number of nitrogens with zero attached hydrogens (tertiary/aromatic N) is 1. The maximum absolute atomic E-state index is 12.6. The van der Waals surface area contributed by atoms with Crippen molar-refractivity contribution in [2.45, 2.75) is 77.9 Å². The second-order valence-corrected chi connectivity index (χ2v) is 8.44. The Hall–Kier alpha value is -1.26. The van der Waals surface area contributed by atoms with E-state index in [1.165, 1.54) is 0 Å². The zero-order valence-corrected chi connectivity index (χ0v) is 13.8. The van der Waals surface area contributed by atoms with Gasteiger partial charge in [-0.15, -0.1) is 0 Å². The molecule has 120 valence electrons. The number of urea groups is 1. The van der Waals surface area contributed by atoms with Crippen LogP contribution in [0, 0.1) is 11.3 Å². The number of carbonyl (C=O) groups excluding carboxylic acids is 1. The fourth-order valence-electron chi connectivity index (χ4n) is 4.29. The summed E-state index contributed by atoms with van der Waals surface area (Å²) in [5, 5.41) is 12.4. The lowest BCUT2D eigenvalue weighted by atomic mass is 9.82. The predicted molar refractivity (Wildman–Crippen MR) is 81.1 cm³/mol. The van der Waals surface area contributed by atoms with Crippen molar-refractivity contribution in [1.82, 2.24) is 10.2 Å². The Morgan fingerprint density at radius 1 is 1.19 bits per heavy atom. The number of rotatable bonds is 3. The SMILES string of the molecule is CC(C)(C)CC(C)(C)NC(=O)N1C2CCC1C(C(=O)O)C2. The van der Waals surface area contributed by atoms with E-state index < -0.39 is 5.97 Å². The number of carboxylic acid groups (broad SMARTS) is 1. The summed E-state index contributed by atoms with van der Waals surface area (Å²) in [4.78, 5) is 25.7. The van der Waals surface area contributed by atoms with Crippen LogP contribution in [-0.2, 0) is 4.79 Å². The van der Waals surface area contributed by atoms with Gasteiger partial charge in [-0.05, 0) is 44.9 Å². The molecule has 2 rings (SSSR count). The number of nitrogens with one attached hydrogen (secondary N) is 1. The molecule has 21 heavy (non-hydrogen) atoms. The number of aliphatic carboxylic acids is 1. The minimum Gasteiger partial charge on any atom is -0.481 e. The van der Waals surface area contributed by atoms with E-state index in [0.717, 1.165) is 19.3 Å². The van der Waals surface area contributed by atoms with Gasteiger partial charge in [0, 0.05) is 17.6 Å². The molecule has 5 nitrogen and oxygen atoms in total. The predicted octanol–water partition coefficient (Wildman–Crippen LogP) is 2.85. The maximum Gasteiger partial charge on any atom is 0.318 e. The van der Waals surface area contributed by atoms with Gasteiger partial charge < -0.3 is 15.3 Å². The molecule has 0 saturated carbocycles. The Morgan fingerprint density at radius 2 is 1.81 bits per heavy atom. The van der Waals surface area contributed by atoms with Gasteiger partial charge in [0.05, 0.1) is 5.92 Å². The summed E-state index contributed by atoms with van der Waals surface area (Å²) < 4.78 is 0. The van der Waals surface area contributed by atoms with Crippen LogP contribution in [0.5, 0.6) is 0 Å². The van der Waals surface area contributed by atoms with E-state index >= 15 is 0 Å². The smallest absolute Gasteiger partial charge is 0.318 e. The zero-order chi connectivity index (χ0) is 16.0. The number of hydrogen-bond acceptors (Lipinski definition) is 2. The van der Waals surface area contributed by atoms with Gasteiger partial charge in [-0.3, -0.25) is 4.79 Å². The van der Waals surface area contributed by atoms with E-state index in [0.29, 0.717) is 6.42 Å². The highest BCUT2D eigenvalue weighted by molar-refractivity contribution is 5.79. The molecule has 5 heteroatoms. The van der Waals surface area contributed by atoms with Crippen LogP contribution < -0.4 is 5.32 Å². The molecule has 2 amide bonds. The molecule has 0 aromatic carbocycles. The van der Waals surface area contributed by atoms with Crippen LogP contribution >= 0.6 is 0 Å². The van der Waals surface area contributed by atoms with Gasteiger partial charge in [-0.2, -0.15) is 0 Å². The molecule has 2 heterocycles. The Kier molecular flexibility index (Phi) is 3.98. The number of carbonyl (C=O) groups is 2. The van der Waals surface area contributed by atoms with Gasteiger partial charge in [0.1, 0.15) is 0 Å². The summed E-state index contributed by atoms with van der Waals surface area (Å²) >= 11 is 0. The minimum absolute atomic E-state index is 0.0968. The third-order valence-electron chi connectivity index (χ3n) is 4.51. The molecule has 2 saturated heterocycles. The van der Waals surface area contributed by atoms with Crippen LogP contribution in [-0.4, -0.2) is 39.6 Å². The third kappa shape index (κ3) is 3.50. The van der Waals surface area contributed by atoms with E-state index in [4.69, 9.17) is 0 Å². The number of hydrogen-bond donors (Lipinski definition) is 2. The van der Waals surface area contributed by atoms with Gasteiger partial charge in [0.2, 0.25) is 0 Å². The largest absolute Gasteiger partial charge is 0.481 e. The monoisotopic (exact) mass is 296 g/mol. The Bertz CT molecular complexity index is 439. The van der Waals surface area contributed by atoms with E-state index in [-0.39, 0.29) is 35.0 Å². The van der Waals surface area contributed by atoms with Crippen LogP contribution in [0.4, 0.5) is 4.79 Å². The molecule has 3 atom stereocenters. The van der Waals surface area contributed by atoms with Crippen LogP contribution in [0.1, 0.15) is 60.3 Å². The average molecular weight is 296 g/mol. The second kappa shape index (κ2) is 5.18. The van der Waals surface area contributed by atoms with Crippen molar-refractivity contribution in [3.8, 4) is 0 Å². The van der Waals surface area contributed by atoms with Crippen LogP contribution in [0.15, 0.2) is 0 Å². The van der Waals surface area contributed by atoms with E-state index in [9.17, 15) is 14.7 Å². The number of amides is 2. The molecule has 0 aromatic rings. The molecule has 0 radical (unpaired) electrons. The van der Waals surface area contributed by atoms with Crippen molar-refractivity contribution in [2.24, 2.45) is 11.3 Å². The van der Waals surface area contributed by atoms with Gasteiger partial charge in [0.25, 0.3) is 0 Å². The summed E-state index contributed by atoms with van der Waals surface area (Å²) in [6.45, 7) is 10.5.